The van der Waals surface area contributed by atoms with E-state index in [0.29, 0.717) is 5.69 Å². The van der Waals surface area contributed by atoms with Crippen molar-refractivity contribution in [2.24, 2.45) is 0 Å². The van der Waals surface area contributed by atoms with Crippen LogP contribution in [0.25, 0.3) is 0 Å². The van der Waals surface area contributed by atoms with Gasteiger partial charge in [-0.05, 0) is 24.1 Å². The zero-order chi connectivity index (χ0) is 15.2. The van der Waals surface area contributed by atoms with E-state index in [2.05, 4.69) is 27.9 Å². The fraction of sp³-hybridized carbons (Fsp3) is 0.188. The van der Waals surface area contributed by atoms with E-state index < -0.39 is 5.82 Å². The summed E-state index contributed by atoms with van der Waals surface area (Å²) >= 11 is 8.13. The van der Waals surface area contributed by atoms with Gasteiger partial charge >= 0.3 is 0 Å². The molecule has 0 saturated heterocycles. The third-order valence-electron chi connectivity index (χ3n) is 3.11. The zero-order valence-electron chi connectivity index (χ0n) is 11.1. The van der Waals surface area contributed by atoms with Gasteiger partial charge in [0.1, 0.15) is 11.9 Å². The number of halogens is 3. The van der Waals surface area contributed by atoms with Crippen LogP contribution in [-0.4, -0.2) is 4.43 Å². The van der Waals surface area contributed by atoms with E-state index in [0.717, 1.165) is 22.5 Å². The van der Waals surface area contributed by atoms with Gasteiger partial charge in [0.05, 0.1) is 22.3 Å². The van der Waals surface area contributed by atoms with E-state index >= 15 is 0 Å². The summed E-state index contributed by atoms with van der Waals surface area (Å²) in [6, 6.07) is 14.6. The van der Waals surface area contributed by atoms with Crippen molar-refractivity contribution in [2.45, 2.75) is 12.5 Å². The number of nitriles is 1. The Balaban J connectivity index is 2.34. The second-order valence-electron chi connectivity index (χ2n) is 4.51. The Morgan fingerprint density at radius 1 is 1.29 bits per heavy atom. The van der Waals surface area contributed by atoms with Gasteiger partial charge in [0.2, 0.25) is 0 Å². The van der Waals surface area contributed by atoms with Crippen LogP contribution in [0.4, 0.5) is 10.1 Å². The Kier molecular flexibility index (Phi) is 5.83. The van der Waals surface area contributed by atoms with Crippen LogP contribution >= 0.6 is 34.2 Å². The van der Waals surface area contributed by atoms with Crippen LogP contribution < -0.4 is 5.32 Å². The summed E-state index contributed by atoms with van der Waals surface area (Å²) in [6.45, 7) is 0. The number of hydrogen-bond donors (Lipinski definition) is 1. The lowest BCUT2D eigenvalue weighted by Gasteiger charge is -2.20. The predicted octanol–water partition coefficient (Wildman–Crippen LogP) is 5.33. The standard InChI is InChI=1S/C16H13ClFIN2/c17-13-9-16(12(10-20)8-14(13)18)21-15(6-7-19)11-4-2-1-3-5-11/h1-5,8-9,15,21H,6-7H2/t15-/m1/s1. The molecule has 2 aromatic rings. The summed E-state index contributed by atoms with van der Waals surface area (Å²) < 4.78 is 14.4. The molecule has 2 nitrogen and oxygen atoms in total. The molecule has 0 radical (unpaired) electrons. The van der Waals surface area contributed by atoms with Crippen molar-refractivity contribution in [2.75, 3.05) is 9.74 Å². The first-order chi connectivity index (χ1) is 10.2. The van der Waals surface area contributed by atoms with Crippen molar-refractivity contribution in [3.05, 3.63) is 64.4 Å². The molecule has 5 heteroatoms. The molecule has 0 unspecified atom stereocenters. The van der Waals surface area contributed by atoms with Crippen molar-refractivity contribution in [3.8, 4) is 6.07 Å². The third kappa shape index (κ3) is 4.08. The molecule has 108 valence electrons. The molecule has 0 aliphatic heterocycles. The lowest BCUT2D eigenvalue weighted by atomic mass is 10.0. The van der Waals surface area contributed by atoms with E-state index in [1.54, 1.807) is 0 Å². The third-order valence-corrected chi connectivity index (χ3v) is 4.02. The molecule has 0 fully saturated rings. The maximum atomic E-state index is 13.4. The van der Waals surface area contributed by atoms with Crippen LogP contribution in [0, 0.1) is 17.1 Å². The molecule has 0 spiro atoms. The van der Waals surface area contributed by atoms with Crippen LogP contribution in [0.1, 0.15) is 23.6 Å². The van der Waals surface area contributed by atoms with Crippen LogP contribution in [0.2, 0.25) is 5.02 Å². The molecule has 0 aliphatic rings. The topological polar surface area (TPSA) is 35.8 Å². The quantitative estimate of drug-likeness (QED) is 0.530. The van der Waals surface area contributed by atoms with Gasteiger partial charge in [-0.25, -0.2) is 4.39 Å². The van der Waals surface area contributed by atoms with Crippen LogP contribution in [0.15, 0.2) is 42.5 Å². The van der Waals surface area contributed by atoms with E-state index in [1.807, 2.05) is 36.4 Å². The first-order valence-electron chi connectivity index (χ1n) is 6.42. The number of nitrogens with one attached hydrogen (secondary N) is 1. The minimum atomic E-state index is -0.580. The molecule has 1 atom stereocenters. The summed E-state index contributed by atoms with van der Waals surface area (Å²) in [6.07, 6.45) is 0.893. The predicted molar refractivity (Wildman–Crippen MR) is 92.4 cm³/mol. The Labute approximate surface area is 142 Å². The molecule has 0 bridgehead atoms. The first kappa shape index (κ1) is 16.1. The monoisotopic (exact) mass is 414 g/mol. The number of alkyl halides is 1. The maximum absolute atomic E-state index is 13.4. The molecule has 0 saturated carbocycles. The minimum Gasteiger partial charge on any atom is -0.377 e. The maximum Gasteiger partial charge on any atom is 0.143 e. The summed E-state index contributed by atoms with van der Waals surface area (Å²) in [4.78, 5) is 0. The Bertz CT molecular complexity index is 655. The molecule has 21 heavy (non-hydrogen) atoms. The van der Waals surface area contributed by atoms with Gasteiger partial charge < -0.3 is 5.32 Å². The second-order valence-corrected chi connectivity index (χ2v) is 5.99. The van der Waals surface area contributed by atoms with Gasteiger partial charge in [0, 0.05) is 4.43 Å². The molecular weight excluding hydrogens is 402 g/mol. The lowest BCUT2D eigenvalue weighted by Crippen LogP contribution is -2.12. The van der Waals surface area contributed by atoms with Crippen molar-refractivity contribution in [3.63, 3.8) is 0 Å². The number of anilines is 1. The average molecular weight is 415 g/mol. The zero-order valence-corrected chi connectivity index (χ0v) is 14.0. The molecular formula is C16H13ClFIN2. The number of nitrogens with zero attached hydrogens (tertiary/aromatic N) is 1. The Morgan fingerprint density at radius 3 is 2.62 bits per heavy atom. The van der Waals surface area contributed by atoms with Gasteiger partial charge in [-0.15, -0.1) is 0 Å². The number of benzene rings is 2. The summed E-state index contributed by atoms with van der Waals surface area (Å²) in [5.74, 6) is -0.580. The largest absolute Gasteiger partial charge is 0.377 e. The van der Waals surface area contributed by atoms with E-state index in [-0.39, 0.29) is 16.6 Å². The van der Waals surface area contributed by atoms with Crippen molar-refractivity contribution in [1.29, 1.82) is 5.26 Å². The van der Waals surface area contributed by atoms with Crippen LogP contribution in [0.3, 0.4) is 0 Å². The minimum absolute atomic E-state index is 0.0118. The molecule has 0 aromatic heterocycles. The van der Waals surface area contributed by atoms with Crippen molar-refractivity contribution in [1.82, 2.24) is 0 Å². The summed E-state index contributed by atoms with van der Waals surface area (Å²) in [7, 11) is 0. The molecule has 0 heterocycles. The van der Waals surface area contributed by atoms with Gasteiger partial charge in [0.15, 0.2) is 0 Å². The highest BCUT2D eigenvalue weighted by atomic mass is 127. The number of hydrogen-bond acceptors (Lipinski definition) is 2. The molecule has 0 amide bonds. The van der Waals surface area contributed by atoms with Crippen molar-refractivity contribution < 1.29 is 4.39 Å². The lowest BCUT2D eigenvalue weighted by molar-refractivity contribution is 0.627. The first-order valence-corrected chi connectivity index (χ1v) is 8.32. The van der Waals surface area contributed by atoms with Gasteiger partial charge in [0.25, 0.3) is 0 Å². The Morgan fingerprint density at radius 2 is 2.00 bits per heavy atom. The van der Waals surface area contributed by atoms with E-state index in [1.165, 1.54) is 6.07 Å². The number of rotatable bonds is 5. The summed E-state index contributed by atoms with van der Waals surface area (Å²) in [5, 5.41) is 12.5. The SMILES string of the molecule is N#Cc1cc(F)c(Cl)cc1N[C@H](CCI)c1ccccc1. The summed E-state index contributed by atoms with van der Waals surface area (Å²) in [5.41, 5.74) is 1.94. The normalized spacial score (nSPS) is 11.7. The molecule has 1 N–H and O–H groups in total. The fourth-order valence-corrected chi connectivity index (χ4v) is 2.85. The molecule has 2 rings (SSSR count). The van der Waals surface area contributed by atoms with Gasteiger partial charge in [-0.1, -0.05) is 64.5 Å². The second kappa shape index (κ2) is 7.62. The highest BCUT2D eigenvalue weighted by Gasteiger charge is 2.14. The van der Waals surface area contributed by atoms with Crippen LogP contribution in [-0.2, 0) is 0 Å². The Hall–Kier alpha value is -1.32. The van der Waals surface area contributed by atoms with Crippen LogP contribution in [0.5, 0.6) is 0 Å². The van der Waals surface area contributed by atoms with Gasteiger partial charge in [-0.2, -0.15) is 5.26 Å². The molecule has 2 aromatic carbocycles. The fourth-order valence-electron chi connectivity index (χ4n) is 2.06. The average Bonchev–Trinajstić information content (AvgIpc) is 2.51. The highest BCUT2D eigenvalue weighted by molar-refractivity contribution is 14.1. The smallest absolute Gasteiger partial charge is 0.143 e. The van der Waals surface area contributed by atoms with Gasteiger partial charge in [-0.3, -0.25) is 0 Å². The van der Waals surface area contributed by atoms with Crippen molar-refractivity contribution >= 4 is 39.9 Å². The van der Waals surface area contributed by atoms with E-state index in [4.69, 9.17) is 16.9 Å². The highest BCUT2D eigenvalue weighted by Crippen LogP contribution is 2.29. The van der Waals surface area contributed by atoms with E-state index in [9.17, 15) is 4.39 Å². The molecule has 0 aliphatic carbocycles.